The molecular weight excluding hydrogens is 1510 g/mol. The standard InChI is InChI=1S/C70H112N26O15S2/c1-3-38(2)54-66(111)92-47(32-40-19-9-5-10-20-40)61(106)88-44(25-15-29-83-69(77)78)59(104)93-49(56(72)101)36-112-113-37-50(94-57(102)42(71)23-13-27-81-67(73)74)64(109)96-55(41-21-11-6-12-22-41)65(110)86-34-51(97)85-35-52(98)87-43(24-14-28-82-68(75)76)58(103)90-46(31-39-17-7-4-8-18-39)62(107)91-48(33-53(99)100)63(108)89-45(60(105)95-54)26-16-30-84-70(79)80/h4-5,7-10,17-20,38,41-50,54-55H,3,6,11-16,21-37,71H2,1-2H3,(H2,72,101)(H,85,97)(H,86,110)(H,87,98)(H,88,106)(H,89,108)(H,90,103)(H,91,107)(H,92,111)(H,93,104)(H,94,102)(H,95,105)(H,96,109)(H,99,100)(H4,73,74,81)(H4,75,76,82)(H4,77,78,83)(H4,79,80,84)/t38-,42+,43+,44+,45-,46-,47-,48+,49+,50+,54+,55+/m0/s1. The summed E-state index contributed by atoms with van der Waals surface area (Å²) in [4.78, 5) is 215. The third-order valence-corrected chi connectivity index (χ3v) is 20.5. The van der Waals surface area contributed by atoms with Crippen molar-refractivity contribution in [1.29, 1.82) is 0 Å². The van der Waals surface area contributed by atoms with E-state index in [1.165, 1.54) is 0 Å². The number of guanidine groups is 4. The number of hydrogen-bond donors (Lipinski definition) is 23. The average molecular weight is 1620 g/mol. The van der Waals surface area contributed by atoms with Crippen molar-refractivity contribution in [2.45, 2.75) is 189 Å². The average Bonchev–Trinajstić information content (AvgIpc) is 0.847. The van der Waals surface area contributed by atoms with Crippen molar-refractivity contribution in [1.82, 2.24) is 63.8 Å². The Balaban J connectivity index is 1.89. The zero-order chi connectivity index (χ0) is 83.5. The molecule has 2 fully saturated rings. The molecule has 0 unspecified atom stereocenters. The molecule has 2 aromatic rings. The molecule has 113 heavy (non-hydrogen) atoms. The van der Waals surface area contributed by atoms with Crippen LogP contribution in [0, 0.1) is 11.8 Å². The summed E-state index contributed by atoms with van der Waals surface area (Å²) < 4.78 is 0. The van der Waals surface area contributed by atoms with Crippen LogP contribution in [0.2, 0.25) is 0 Å². The summed E-state index contributed by atoms with van der Waals surface area (Å²) in [5.41, 5.74) is 57.7. The fraction of sp³-hybridized carbons (Fsp3) is 0.571. The van der Waals surface area contributed by atoms with Crippen LogP contribution in [0.25, 0.3) is 0 Å². The molecule has 12 atom stereocenters. The number of aliphatic carboxylic acids is 1. The van der Waals surface area contributed by atoms with Crippen molar-refractivity contribution in [2.24, 2.45) is 89.1 Å². The number of carbonyl (C=O) groups excluding carboxylic acids is 13. The number of amides is 13. The van der Waals surface area contributed by atoms with E-state index in [1.807, 2.05) is 0 Å². The Labute approximate surface area is 662 Å². The molecule has 13 amide bonds. The fourth-order valence-corrected chi connectivity index (χ4v) is 14.2. The van der Waals surface area contributed by atoms with Crippen molar-refractivity contribution in [2.75, 3.05) is 50.8 Å². The van der Waals surface area contributed by atoms with Crippen LogP contribution < -0.4 is 121 Å². The normalized spacial score (nSPS) is 23.1. The van der Waals surface area contributed by atoms with Gasteiger partial charge in [0.25, 0.3) is 0 Å². The molecule has 1 aliphatic heterocycles. The zero-order valence-corrected chi connectivity index (χ0v) is 65.1. The van der Waals surface area contributed by atoms with Gasteiger partial charge in [0.05, 0.1) is 25.6 Å². The maximum atomic E-state index is 15.0. The Morgan fingerprint density at radius 3 is 1.40 bits per heavy atom. The summed E-state index contributed by atoms with van der Waals surface area (Å²) in [6, 6.07) is -0.238. The third kappa shape index (κ3) is 36.6. The molecule has 43 heteroatoms. The lowest BCUT2D eigenvalue weighted by Crippen LogP contribution is -2.61. The van der Waals surface area contributed by atoms with Crippen molar-refractivity contribution in [3.63, 3.8) is 0 Å². The second kappa shape index (κ2) is 50.6. The van der Waals surface area contributed by atoms with E-state index in [0.29, 0.717) is 36.8 Å². The van der Waals surface area contributed by atoms with E-state index < -0.39 is 181 Å². The van der Waals surface area contributed by atoms with Crippen LogP contribution in [-0.2, 0) is 80.0 Å². The first-order valence-electron chi connectivity index (χ1n) is 37.1. The number of carbonyl (C=O) groups is 14. The lowest BCUT2D eigenvalue weighted by molar-refractivity contribution is -0.141. The summed E-state index contributed by atoms with van der Waals surface area (Å²) >= 11 is 0. The SMILES string of the molecule is CC[C@H](C)[C@H]1NC(=O)[C@H](CCCN=C(N)N)NC(=O)[C@@H](CC(=O)O)NC(=O)[C@H](Cc2ccccc2)NC(=O)[C@@H](CCCN=C(N)N)NC(=O)CNC(=O)CNC(=O)[C@@H](C2CCCCC2)NC(=O)[C@H](NC(=O)[C@H](N)CCCN=C(N)N)CSSC[C@H](C(N)=O)NC(=O)[C@@H](CCCN=C(N)N)NC(=O)[C@H](Cc2ccccc2)NC1=O. The van der Waals surface area contributed by atoms with Crippen LogP contribution in [0.5, 0.6) is 0 Å². The quantitative estimate of drug-likeness (QED) is 0.0163. The second-order valence-electron chi connectivity index (χ2n) is 27.1. The molecule has 4 rings (SSSR count). The summed E-state index contributed by atoms with van der Waals surface area (Å²) in [6.45, 7) is 1.71. The molecule has 1 heterocycles. The smallest absolute Gasteiger partial charge is 0.305 e. The van der Waals surface area contributed by atoms with Crippen molar-refractivity contribution in [3.05, 3.63) is 71.8 Å². The van der Waals surface area contributed by atoms with Gasteiger partial charge in [0.2, 0.25) is 76.8 Å². The van der Waals surface area contributed by atoms with E-state index in [9.17, 15) is 72.2 Å². The van der Waals surface area contributed by atoms with E-state index in [-0.39, 0.29) is 132 Å². The van der Waals surface area contributed by atoms with Gasteiger partial charge in [-0.1, -0.05) is 122 Å². The Bertz CT molecular complexity index is 3640. The van der Waals surface area contributed by atoms with Crippen LogP contribution in [-0.4, -0.2) is 229 Å². The Hall–Kier alpha value is -11.2. The highest BCUT2D eigenvalue weighted by atomic mass is 33.1. The van der Waals surface area contributed by atoms with Gasteiger partial charge < -0.3 is 126 Å². The first kappa shape index (κ1) is 94.1. The lowest BCUT2D eigenvalue weighted by atomic mass is 9.83. The largest absolute Gasteiger partial charge is 0.481 e. The number of nitrogens with one attached hydrogen (secondary N) is 12. The Morgan fingerprint density at radius 2 is 0.912 bits per heavy atom. The van der Waals surface area contributed by atoms with Gasteiger partial charge in [-0.2, -0.15) is 0 Å². The number of carboxylic acids is 1. The number of rotatable bonds is 28. The molecule has 2 aliphatic rings. The van der Waals surface area contributed by atoms with Crippen molar-refractivity contribution in [3.8, 4) is 0 Å². The number of carboxylic acid groups (broad SMARTS) is 1. The molecule has 1 saturated carbocycles. The number of primary amides is 1. The van der Waals surface area contributed by atoms with E-state index in [0.717, 1.165) is 28.0 Å². The number of nitrogens with zero attached hydrogens (tertiary/aromatic N) is 4. The van der Waals surface area contributed by atoms with Crippen LogP contribution in [0.4, 0.5) is 0 Å². The van der Waals surface area contributed by atoms with E-state index in [2.05, 4.69) is 83.8 Å². The molecule has 41 nitrogen and oxygen atoms in total. The van der Waals surface area contributed by atoms with Crippen LogP contribution in [0.1, 0.15) is 121 Å². The minimum atomic E-state index is -1.99. The molecular formula is C70H112N26O15S2. The maximum Gasteiger partial charge on any atom is 0.305 e. The number of aliphatic imine (C=N–C) groups is 4. The van der Waals surface area contributed by atoms with Crippen molar-refractivity contribution >= 4 is 128 Å². The molecule has 1 saturated heterocycles. The van der Waals surface area contributed by atoms with Gasteiger partial charge in [0.15, 0.2) is 23.8 Å². The van der Waals surface area contributed by atoms with Crippen LogP contribution in [0.15, 0.2) is 80.6 Å². The molecule has 33 N–H and O–H groups in total. The van der Waals surface area contributed by atoms with Gasteiger partial charge in [0, 0.05) is 50.5 Å². The van der Waals surface area contributed by atoms with Crippen LogP contribution in [0.3, 0.4) is 0 Å². The summed E-state index contributed by atoms with van der Waals surface area (Å²) in [6.07, 6.45) is 1.43. The Morgan fingerprint density at radius 1 is 0.487 bits per heavy atom. The van der Waals surface area contributed by atoms with E-state index in [4.69, 9.17) is 57.3 Å². The lowest BCUT2D eigenvalue weighted by Gasteiger charge is -2.31. The van der Waals surface area contributed by atoms with E-state index >= 15 is 0 Å². The van der Waals surface area contributed by atoms with Gasteiger partial charge in [0.1, 0.15) is 60.4 Å². The second-order valence-corrected chi connectivity index (χ2v) is 29.7. The topological polar surface area (TPSA) is 713 Å². The highest BCUT2D eigenvalue weighted by Crippen LogP contribution is 2.28. The minimum absolute atomic E-state index is 0.0202. The van der Waals surface area contributed by atoms with Gasteiger partial charge in [-0.05, 0) is 87.2 Å². The van der Waals surface area contributed by atoms with Gasteiger partial charge in [-0.3, -0.25) is 87.1 Å². The molecule has 624 valence electrons. The predicted octanol–water partition coefficient (Wildman–Crippen LogP) is -6.92. The number of nitrogens with two attached hydrogens (primary N) is 10. The first-order valence-corrected chi connectivity index (χ1v) is 39.6. The minimum Gasteiger partial charge on any atom is -0.481 e. The molecule has 0 radical (unpaired) electrons. The summed E-state index contributed by atoms with van der Waals surface area (Å²) in [7, 11) is 1.89. The van der Waals surface area contributed by atoms with E-state index in [1.54, 1.807) is 74.5 Å². The zero-order valence-electron chi connectivity index (χ0n) is 63.5. The molecule has 0 spiro atoms. The monoisotopic (exact) mass is 1620 g/mol. The maximum absolute atomic E-state index is 15.0. The predicted molar refractivity (Wildman–Crippen MR) is 426 cm³/mol. The highest BCUT2D eigenvalue weighted by molar-refractivity contribution is 8.76. The van der Waals surface area contributed by atoms with Gasteiger partial charge >= 0.3 is 5.97 Å². The third-order valence-electron chi connectivity index (χ3n) is 18.1. The summed E-state index contributed by atoms with van der Waals surface area (Å²) in [5, 5.41) is 41.3. The van der Waals surface area contributed by atoms with Crippen LogP contribution >= 0.6 is 21.6 Å². The number of benzene rings is 2. The molecule has 1 aliphatic carbocycles. The molecule has 0 bridgehead atoms. The first-order chi connectivity index (χ1) is 53.7. The molecule has 0 aromatic heterocycles. The van der Waals surface area contributed by atoms with Gasteiger partial charge in [-0.25, -0.2) is 0 Å². The Kier molecular flexibility index (Phi) is 42.2. The van der Waals surface area contributed by atoms with Crippen molar-refractivity contribution < 1.29 is 72.2 Å². The summed E-state index contributed by atoms with van der Waals surface area (Å²) in [5.74, 6) is -16.9. The van der Waals surface area contributed by atoms with Gasteiger partial charge in [-0.15, -0.1) is 0 Å². The fourth-order valence-electron chi connectivity index (χ4n) is 11.8. The number of hydrogen-bond acceptors (Lipinski definition) is 21. The highest BCUT2D eigenvalue weighted by Gasteiger charge is 2.39. The molecule has 2 aromatic carbocycles.